The number of fused-ring (bicyclic) bond motifs is 1. The van der Waals surface area contributed by atoms with E-state index in [1.165, 1.54) is 19.5 Å². The van der Waals surface area contributed by atoms with Crippen molar-refractivity contribution in [2.75, 3.05) is 20.1 Å². The van der Waals surface area contributed by atoms with E-state index < -0.39 is 0 Å². The quantitative estimate of drug-likeness (QED) is 0.686. The summed E-state index contributed by atoms with van der Waals surface area (Å²) in [6.07, 6.45) is 1.42. The number of piperidine rings is 1. The van der Waals surface area contributed by atoms with Gasteiger partial charge in [-0.05, 0) is 24.9 Å². The number of halogens is 1. The number of hydrogen-bond acceptors (Lipinski definition) is 1. The smallest absolute Gasteiger partial charge is 0.0124 e. The molecule has 0 bridgehead atoms. The number of nitrogens with zero attached hydrogens (tertiary/aromatic N) is 1. The second-order valence-electron chi connectivity index (χ2n) is 4.62. The molecule has 2 fully saturated rings. The van der Waals surface area contributed by atoms with Gasteiger partial charge in [-0.3, -0.25) is 0 Å². The Balaban J connectivity index is 0.000000750. The van der Waals surface area contributed by atoms with Crippen LogP contribution in [-0.4, -0.2) is 25.0 Å². The zero-order valence-electron chi connectivity index (χ0n) is 8.44. The summed E-state index contributed by atoms with van der Waals surface area (Å²) in [4.78, 5) is 2.46. The average Bonchev–Trinajstić information content (AvgIpc) is 2.72. The molecule has 0 aromatic heterocycles. The number of rotatable bonds is 1. The van der Waals surface area contributed by atoms with Crippen molar-refractivity contribution in [1.82, 2.24) is 4.90 Å². The zero-order valence-corrected chi connectivity index (χ0v) is 9.26. The van der Waals surface area contributed by atoms with Gasteiger partial charge in [0.05, 0.1) is 0 Å². The highest BCUT2D eigenvalue weighted by Crippen LogP contribution is 2.58. The molecule has 2 unspecified atom stereocenters. The van der Waals surface area contributed by atoms with E-state index in [0.29, 0.717) is 5.41 Å². The topological polar surface area (TPSA) is 3.24 Å². The molecule has 0 spiro atoms. The highest BCUT2D eigenvalue weighted by Gasteiger charge is 2.59. The van der Waals surface area contributed by atoms with Crippen LogP contribution >= 0.6 is 12.4 Å². The predicted octanol–water partition coefficient (Wildman–Crippen LogP) is 2.31. The van der Waals surface area contributed by atoms with Gasteiger partial charge in [0.2, 0.25) is 0 Å². The lowest BCUT2D eigenvalue weighted by molar-refractivity contribution is 0.363. The molecule has 1 aromatic carbocycles. The predicted molar refractivity (Wildman–Crippen MR) is 61.0 cm³/mol. The largest absolute Gasteiger partial charge is 0.305 e. The van der Waals surface area contributed by atoms with Crippen LogP contribution in [0.3, 0.4) is 0 Å². The fourth-order valence-corrected chi connectivity index (χ4v) is 2.95. The third kappa shape index (κ3) is 1.27. The van der Waals surface area contributed by atoms with Gasteiger partial charge in [0.15, 0.2) is 0 Å². The molecule has 2 atom stereocenters. The van der Waals surface area contributed by atoms with E-state index in [4.69, 9.17) is 0 Å². The molecule has 1 saturated carbocycles. The van der Waals surface area contributed by atoms with E-state index in [-0.39, 0.29) is 12.4 Å². The molecular weight excluding hydrogens is 194 g/mol. The van der Waals surface area contributed by atoms with Crippen LogP contribution in [0.15, 0.2) is 30.3 Å². The monoisotopic (exact) mass is 209 g/mol. The second kappa shape index (κ2) is 3.25. The Kier molecular flexibility index (Phi) is 2.32. The van der Waals surface area contributed by atoms with Crippen molar-refractivity contribution in [3.8, 4) is 0 Å². The Morgan fingerprint density at radius 2 is 2.00 bits per heavy atom. The first-order valence-electron chi connectivity index (χ1n) is 5.05. The molecule has 1 aliphatic heterocycles. The molecule has 76 valence electrons. The van der Waals surface area contributed by atoms with E-state index >= 15 is 0 Å². The van der Waals surface area contributed by atoms with Crippen molar-refractivity contribution < 1.29 is 0 Å². The van der Waals surface area contributed by atoms with Crippen molar-refractivity contribution in [3.05, 3.63) is 35.9 Å². The van der Waals surface area contributed by atoms with Crippen LogP contribution in [-0.2, 0) is 5.41 Å². The van der Waals surface area contributed by atoms with Crippen LogP contribution in [0.5, 0.6) is 0 Å². The van der Waals surface area contributed by atoms with Crippen LogP contribution in [0.1, 0.15) is 12.0 Å². The van der Waals surface area contributed by atoms with Gasteiger partial charge in [-0.1, -0.05) is 30.3 Å². The number of likely N-dealkylation sites (tertiary alicyclic amines) is 1. The SMILES string of the molecule is CN1CC2CC2(c2ccccc2)C1.Cl. The highest BCUT2D eigenvalue weighted by molar-refractivity contribution is 5.85. The van der Waals surface area contributed by atoms with Crippen molar-refractivity contribution >= 4 is 12.4 Å². The van der Waals surface area contributed by atoms with Crippen molar-refractivity contribution in [3.63, 3.8) is 0 Å². The molecule has 0 N–H and O–H groups in total. The number of likely N-dealkylation sites (N-methyl/N-ethyl adjacent to an activating group) is 1. The normalized spacial score (nSPS) is 34.8. The Bertz CT molecular complexity index is 324. The van der Waals surface area contributed by atoms with Gasteiger partial charge < -0.3 is 4.90 Å². The van der Waals surface area contributed by atoms with Crippen LogP contribution in [0.2, 0.25) is 0 Å². The van der Waals surface area contributed by atoms with Gasteiger partial charge in [-0.2, -0.15) is 0 Å². The molecule has 2 heteroatoms. The van der Waals surface area contributed by atoms with Gasteiger partial charge in [0.1, 0.15) is 0 Å². The standard InChI is InChI=1S/C12H15N.ClH/c1-13-8-11-7-12(11,9-13)10-5-3-2-4-6-10;/h2-6,11H,7-9H2,1H3;1H. The highest BCUT2D eigenvalue weighted by atomic mass is 35.5. The average molecular weight is 210 g/mol. The van der Waals surface area contributed by atoms with Crippen LogP contribution in [0.25, 0.3) is 0 Å². The maximum atomic E-state index is 2.46. The minimum Gasteiger partial charge on any atom is -0.305 e. The molecule has 0 radical (unpaired) electrons. The Morgan fingerprint density at radius 3 is 2.57 bits per heavy atom. The Hall–Kier alpha value is -0.530. The fraction of sp³-hybridized carbons (Fsp3) is 0.500. The Labute approximate surface area is 91.5 Å². The molecule has 1 nitrogen and oxygen atoms in total. The van der Waals surface area contributed by atoms with Gasteiger partial charge in [0.25, 0.3) is 0 Å². The molecule has 1 aliphatic carbocycles. The third-order valence-electron chi connectivity index (χ3n) is 3.66. The van der Waals surface area contributed by atoms with Gasteiger partial charge in [-0.15, -0.1) is 12.4 Å². The molecule has 1 saturated heterocycles. The lowest BCUT2D eigenvalue weighted by atomic mass is 9.95. The van der Waals surface area contributed by atoms with E-state index in [9.17, 15) is 0 Å². The molecule has 1 heterocycles. The van der Waals surface area contributed by atoms with Crippen LogP contribution in [0.4, 0.5) is 0 Å². The van der Waals surface area contributed by atoms with Crippen molar-refractivity contribution in [1.29, 1.82) is 0 Å². The Morgan fingerprint density at radius 1 is 1.29 bits per heavy atom. The molecule has 2 aliphatic rings. The van der Waals surface area contributed by atoms with E-state index in [2.05, 4.69) is 42.3 Å². The summed E-state index contributed by atoms with van der Waals surface area (Å²) in [5.41, 5.74) is 2.11. The lowest BCUT2D eigenvalue weighted by Gasteiger charge is -2.16. The number of benzene rings is 1. The molecule has 3 rings (SSSR count). The fourth-order valence-electron chi connectivity index (χ4n) is 2.95. The zero-order chi connectivity index (χ0) is 8.89. The minimum absolute atomic E-state index is 0. The summed E-state index contributed by atoms with van der Waals surface area (Å²) in [6, 6.07) is 11.0. The van der Waals surface area contributed by atoms with Crippen molar-refractivity contribution in [2.45, 2.75) is 11.8 Å². The third-order valence-corrected chi connectivity index (χ3v) is 3.66. The summed E-state index contributed by atoms with van der Waals surface area (Å²) in [5.74, 6) is 0.944. The maximum absolute atomic E-state index is 2.46. The van der Waals surface area contributed by atoms with Gasteiger partial charge >= 0.3 is 0 Å². The summed E-state index contributed by atoms with van der Waals surface area (Å²) in [7, 11) is 2.23. The summed E-state index contributed by atoms with van der Waals surface area (Å²) in [6.45, 7) is 2.57. The van der Waals surface area contributed by atoms with Crippen molar-refractivity contribution in [2.24, 2.45) is 5.92 Å². The van der Waals surface area contributed by atoms with E-state index in [1.807, 2.05) is 0 Å². The maximum Gasteiger partial charge on any atom is 0.0124 e. The summed E-state index contributed by atoms with van der Waals surface area (Å²) in [5, 5.41) is 0. The second-order valence-corrected chi connectivity index (χ2v) is 4.62. The molecular formula is C12H16ClN. The van der Waals surface area contributed by atoms with E-state index in [1.54, 1.807) is 5.56 Å². The van der Waals surface area contributed by atoms with Gasteiger partial charge in [0, 0.05) is 18.5 Å². The summed E-state index contributed by atoms with van der Waals surface area (Å²) < 4.78 is 0. The molecule has 0 amide bonds. The summed E-state index contributed by atoms with van der Waals surface area (Å²) >= 11 is 0. The number of hydrogen-bond donors (Lipinski definition) is 0. The van der Waals surface area contributed by atoms with Crippen LogP contribution in [0, 0.1) is 5.92 Å². The molecule has 1 aromatic rings. The molecule has 14 heavy (non-hydrogen) atoms. The first-order valence-corrected chi connectivity index (χ1v) is 5.05. The first-order chi connectivity index (χ1) is 6.31. The minimum atomic E-state index is 0. The first kappa shape index (κ1) is 10.0. The lowest BCUT2D eigenvalue weighted by Crippen LogP contribution is -2.22. The van der Waals surface area contributed by atoms with E-state index in [0.717, 1.165) is 5.92 Å². The van der Waals surface area contributed by atoms with Gasteiger partial charge in [-0.25, -0.2) is 0 Å². The van der Waals surface area contributed by atoms with Crippen LogP contribution < -0.4 is 0 Å².